The number of nitriles is 1. The standard InChI is InChI=1S/C23H35N3O4/c1-5-11-28-12-10-18(3)15-25-23(27)22-13-21(30-26-22)17-29-16-19(4)8-7-9-20(6-2)14-24/h6,8,13,18H,5,7,9-12,15-17H2,1-4H3,(H,25,27)/b19-8+,20-6+. The number of nitrogens with one attached hydrogen (secondary N) is 1. The number of carbonyl (C=O) groups excluding carboxylic acids is 1. The van der Waals surface area contributed by atoms with Crippen LogP contribution in [0.15, 0.2) is 33.9 Å². The first-order valence-electron chi connectivity index (χ1n) is 10.6. The molecular formula is C23H35N3O4. The van der Waals surface area contributed by atoms with E-state index in [1.165, 1.54) is 0 Å². The maximum atomic E-state index is 12.2. The molecule has 0 spiro atoms. The highest BCUT2D eigenvalue weighted by atomic mass is 16.5. The van der Waals surface area contributed by atoms with Crippen LogP contribution in [0.3, 0.4) is 0 Å². The van der Waals surface area contributed by atoms with Crippen LogP contribution in [-0.4, -0.2) is 37.4 Å². The van der Waals surface area contributed by atoms with Gasteiger partial charge in [-0.2, -0.15) is 5.26 Å². The molecule has 1 unspecified atom stereocenters. The Balaban J connectivity index is 2.29. The molecule has 0 saturated carbocycles. The van der Waals surface area contributed by atoms with E-state index in [4.69, 9.17) is 19.3 Å². The minimum Gasteiger partial charge on any atom is -0.381 e. The van der Waals surface area contributed by atoms with Crippen molar-refractivity contribution in [2.75, 3.05) is 26.4 Å². The second-order valence-corrected chi connectivity index (χ2v) is 7.40. The molecule has 1 heterocycles. The highest BCUT2D eigenvalue weighted by Gasteiger charge is 2.13. The Kier molecular flexibility index (Phi) is 13.2. The Hall–Kier alpha value is -2.43. The van der Waals surface area contributed by atoms with Gasteiger partial charge in [0.2, 0.25) is 0 Å². The molecule has 0 aliphatic rings. The fourth-order valence-electron chi connectivity index (χ4n) is 2.59. The predicted molar refractivity (Wildman–Crippen MR) is 116 cm³/mol. The molecule has 0 aromatic carbocycles. The number of aromatic nitrogens is 1. The number of ether oxygens (including phenoxy) is 2. The average Bonchev–Trinajstić information content (AvgIpc) is 3.21. The fourth-order valence-corrected chi connectivity index (χ4v) is 2.59. The quantitative estimate of drug-likeness (QED) is 0.255. The van der Waals surface area contributed by atoms with Gasteiger partial charge in [-0.15, -0.1) is 0 Å². The highest BCUT2D eigenvalue weighted by molar-refractivity contribution is 5.92. The molecule has 1 atom stereocenters. The van der Waals surface area contributed by atoms with Crippen molar-refractivity contribution in [3.05, 3.63) is 40.8 Å². The van der Waals surface area contributed by atoms with Gasteiger partial charge in [0.15, 0.2) is 11.5 Å². The molecule has 30 heavy (non-hydrogen) atoms. The van der Waals surface area contributed by atoms with Crippen LogP contribution in [0.25, 0.3) is 0 Å². The number of hydrogen-bond donors (Lipinski definition) is 1. The minimum absolute atomic E-state index is 0.245. The van der Waals surface area contributed by atoms with Crippen molar-refractivity contribution in [1.29, 1.82) is 5.26 Å². The topological polar surface area (TPSA) is 97.4 Å². The van der Waals surface area contributed by atoms with Gasteiger partial charge in [0.1, 0.15) is 6.61 Å². The van der Waals surface area contributed by atoms with Crippen LogP contribution >= 0.6 is 0 Å². The SMILES string of the molecule is C/C=C(/C#N)CC/C=C(\C)COCc1cc(C(=O)NCC(C)CCOCCC)no1. The van der Waals surface area contributed by atoms with Crippen molar-refractivity contribution in [2.24, 2.45) is 5.92 Å². The molecule has 166 valence electrons. The second kappa shape index (κ2) is 15.4. The molecule has 0 aliphatic carbocycles. The van der Waals surface area contributed by atoms with Crippen LogP contribution in [0.4, 0.5) is 0 Å². The summed E-state index contributed by atoms with van der Waals surface area (Å²) in [6.45, 7) is 10.8. The van der Waals surface area contributed by atoms with E-state index in [1.807, 2.05) is 19.9 Å². The molecule has 7 heteroatoms. The van der Waals surface area contributed by atoms with Crippen molar-refractivity contribution < 1.29 is 18.8 Å². The zero-order valence-electron chi connectivity index (χ0n) is 18.7. The zero-order chi connectivity index (χ0) is 22.2. The van der Waals surface area contributed by atoms with Crippen LogP contribution in [0.5, 0.6) is 0 Å². The van der Waals surface area contributed by atoms with Gasteiger partial charge in [0.25, 0.3) is 5.91 Å². The maximum Gasteiger partial charge on any atom is 0.273 e. The van der Waals surface area contributed by atoms with Crippen LogP contribution in [0.2, 0.25) is 0 Å². The third kappa shape index (κ3) is 10.9. The minimum atomic E-state index is -0.250. The molecule has 1 amide bonds. The van der Waals surface area contributed by atoms with Crippen LogP contribution in [0.1, 0.15) is 69.6 Å². The van der Waals surface area contributed by atoms with Crippen LogP contribution < -0.4 is 5.32 Å². The van der Waals surface area contributed by atoms with Crippen LogP contribution in [0, 0.1) is 17.2 Å². The fraction of sp³-hybridized carbons (Fsp3) is 0.609. The van der Waals surface area contributed by atoms with Gasteiger partial charge in [-0.05, 0) is 45.4 Å². The number of nitrogens with zero attached hydrogens (tertiary/aromatic N) is 2. The van der Waals surface area contributed by atoms with Gasteiger partial charge < -0.3 is 19.3 Å². The van der Waals surface area contributed by atoms with Gasteiger partial charge in [-0.1, -0.05) is 36.7 Å². The Morgan fingerprint density at radius 2 is 2.20 bits per heavy atom. The first-order valence-corrected chi connectivity index (χ1v) is 10.6. The second-order valence-electron chi connectivity index (χ2n) is 7.40. The lowest BCUT2D eigenvalue weighted by atomic mass is 10.1. The van der Waals surface area contributed by atoms with E-state index in [1.54, 1.807) is 6.07 Å². The smallest absolute Gasteiger partial charge is 0.273 e. The van der Waals surface area contributed by atoms with E-state index in [0.29, 0.717) is 31.4 Å². The molecule has 0 saturated heterocycles. The number of rotatable bonds is 15. The summed E-state index contributed by atoms with van der Waals surface area (Å²) in [5.41, 5.74) is 2.12. The number of amides is 1. The number of allylic oxidation sites excluding steroid dienone is 3. The first kappa shape index (κ1) is 25.6. The third-order valence-electron chi connectivity index (χ3n) is 4.48. The molecular weight excluding hydrogens is 382 g/mol. The van der Waals surface area contributed by atoms with E-state index >= 15 is 0 Å². The summed E-state index contributed by atoms with van der Waals surface area (Å²) in [7, 11) is 0. The lowest BCUT2D eigenvalue weighted by Crippen LogP contribution is -2.29. The van der Waals surface area contributed by atoms with Gasteiger partial charge in [0.05, 0.1) is 12.7 Å². The largest absolute Gasteiger partial charge is 0.381 e. The number of carbonyl (C=O) groups is 1. The lowest BCUT2D eigenvalue weighted by molar-refractivity contribution is 0.0925. The summed E-state index contributed by atoms with van der Waals surface area (Å²) in [5, 5.41) is 15.6. The predicted octanol–water partition coefficient (Wildman–Crippen LogP) is 4.57. The molecule has 7 nitrogen and oxygen atoms in total. The molecule has 1 aromatic heterocycles. The summed E-state index contributed by atoms with van der Waals surface area (Å²) < 4.78 is 16.3. The summed E-state index contributed by atoms with van der Waals surface area (Å²) in [5.74, 6) is 0.585. The summed E-state index contributed by atoms with van der Waals surface area (Å²) >= 11 is 0. The van der Waals surface area contributed by atoms with Crippen molar-refractivity contribution in [3.8, 4) is 6.07 Å². The van der Waals surface area contributed by atoms with Crippen LogP contribution in [-0.2, 0) is 16.1 Å². The Bertz CT molecular complexity index is 731. The molecule has 0 radical (unpaired) electrons. The summed E-state index contributed by atoms with van der Waals surface area (Å²) in [6, 6.07) is 3.78. The van der Waals surface area contributed by atoms with E-state index in [0.717, 1.165) is 43.4 Å². The normalized spacial score (nSPS) is 13.2. The monoisotopic (exact) mass is 417 g/mol. The van der Waals surface area contributed by atoms with Crippen molar-refractivity contribution in [3.63, 3.8) is 0 Å². The third-order valence-corrected chi connectivity index (χ3v) is 4.48. The summed E-state index contributed by atoms with van der Waals surface area (Å²) in [4.78, 5) is 12.2. The lowest BCUT2D eigenvalue weighted by Gasteiger charge is -2.11. The Morgan fingerprint density at radius 3 is 2.90 bits per heavy atom. The van der Waals surface area contributed by atoms with E-state index in [9.17, 15) is 4.79 Å². The van der Waals surface area contributed by atoms with E-state index in [-0.39, 0.29) is 18.2 Å². The highest BCUT2D eigenvalue weighted by Crippen LogP contribution is 2.09. The number of hydrogen-bond acceptors (Lipinski definition) is 6. The van der Waals surface area contributed by atoms with Gasteiger partial charge in [-0.25, -0.2) is 0 Å². The molecule has 0 fully saturated rings. The Morgan fingerprint density at radius 1 is 1.40 bits per heavy atom. The average molecular weight is 418 g/mol. The van der Waals surface area contributed by atoms with E-state index < -0.39 is 0 Å². The zero-order valence-corrected chi connectivity index (χ0v) is 18.7. The summed E-state index contributed by atoms with van der Waals surface area (Å²) in [6.07, 6.45) is 7.35. The van der Waals surface area contributed by atoms with E-state index in [2.05, 4.69) is 36.5 Å². The molecule has 1 rings (SSSR count). The van der Waals surface area contributed by atoms with Gasteiger partial charge >= 0.3 is 0 Å². The molecule has 0 bridgehead atoms. The van der Waals surface area contributed by atoms with Crippen molar-refractivity contribution >= 4 is 5.91 Å². The first-order chi connectivity index (χ1) is 14.5. The maximum absolute atomic E-state index is 12.2. The van der Waals surface area contributed by atoms with Crippen molar-refractivity contribution in [1.82, 2.24) is 10.5 Å². The van der Waals surface area contributed by atoms with Gasteiger partial charge in [-0.3, -0.25) is 4.79 Å². The Labute approximate surface area is 180 Å². The molecule has 0 aliphatic heterocycles. The van der Waals surface area contributed by atoms with Crippen molar-refractivity contribution in [2.45, 2.75) is 60.0 Å². The molecule has 1 N–H and O–H groups in total. The van der Waals surface area contributed by atoms with Gasteiger partial charge in [0, 0.05) is 31.4 Å². The molecule has 1 aromatic rings.